The van der Waals surface area contributed by atoms with E-state index in [0.717, 1.165) is 9.47 Å². The Morgan fingerprint density at radius 1 is 1.35 bits per heavy atom. The molecule has 0 saturated carbocycles. The molecule has 2 aromatic heterocycles. The van der Waals surface area contributed by atoms with Gasteiger partial charge in [-0.1, -0.05) is 29.2 Å². The van der Waals surface area contributed by atoms with Gasteiger partial charge in [0.05, 0.1) is 10.2 Å². The van der Waals surface area contributed by atoms with Crippen LogP contribution in [-0.2, 0) is 0 Å². The second-order valence-corrected chi connectivity index (χ2v) is 7.62. The Morgan fingerprint density at radius 3 is 2.81 bits per heavy atom. The number of nitrogens with one attached hydrogen (secondary N) is 1. The Labute approximate surface area is 156 Å². The van der Waals surface area contributed by atoms with E-state index in [2.05, 4.69) is 32.3 Å². The molecule has 2 heterocycles. The molecule has 0 fully saturated rings. The highest BCUT2D eigenvalue weighted by molar-refractivity contribution is 8.01. The van der Waals surface area contributed by atoms with Gasteiger partial charge in [0.25, 0.3) is 5.69 Å². The van der Waals surface area contributed by atoms with Crippen molar-refractivity contribution in [3.63, 3.8) is 0 Å². The lowest BCUT2D eigenvalue weighted by Gasteiger charge is -2.02. The maximum Gasteiger partial charge on any atom is 0.269 e. The maximum atomic E-state index is 10.7. The number of nitrogens with zero attached hydrogens (tertiary/aromatic N) is 5. The van der Waals surface area contributed by atoms with Gasteiger partial charge in [0.2, 0.25) is 16.9 Å². The van der Waals surface area contributed by atoms with Gasteiger partial charge in [-0.05, 0) is 19.1 Å². The van der Waals surface area contributed by atoms with Crippen molar-refractivity contribution in [1.29, 1.82) is 0 Å². The van der Waals surface area contributed by atoms with Crippen molar-refractivity contribution in [3.05, 3.63) is 52.9 Å². The normalized spacial score (nSPS) is 11.9. The number of benzene rings is 1. The zero-order valence-corrected chi connectivity index (χ0v) is 15.3. The Kier molecular flexibility index (Phi) is 5.58. The molecule has 1 unspecified atom stereocenters. The quantitative estimate of drug-likeness (QED) is 0.264. The zero-order valence-electron chi connectivity index (χ0n) is 13.7. The van der Waals surface area contributed by atoms with Crippen molar-refractivity contribution in [2.75, 3.05) is 11.9 Å². The van der Waals surface area contributed by atoms with E-state index in [1.54, 1.807) is 18.2 Å². The van der Waals surface area contributed by atoms with E-state index < -0.39 is 4.92 Å². The first-order valence-electron chi connectivity index (χ1n) is 7.50. The van der Waals surface area contributed by atoms with Crippen molar-refractivity contribution in [2.45, 2.75) is 16.5 Å². The molecule has 0 aliphatic heterocycles. The van der Waals surface area contributed by atoms with Gasteiger partial charge in [0, 0.05) is 24.2 Å². The smallest absolute Gasteiger partial charge is 0.269 e. The maximum absolute atomic E-state index is 10.7. The summed E-state index contributed by atoms with van der Waals surface area (Å²) in [6.07, 6.45) is 1.75. The number of aromatic nitrogens is 4. The molecule has 0 spiro atoms. The van der Waals surface area contributed by atoms with E-state index in [1.165, 1.54) is 35.2 Å². The fraction of sp³-hybridized carbons (Fsp3) is 0.200. The third-order valence-electron chi connectivity index (χ3n) is 3.20. The van der Waals surface area contributed by atoms with E-state index in [0.29, 0.717) is 23.9 Å². The van der Waals surface area contributed by atoms with Gasteiger partial charge in [-0.15, -0.1) is 27.0 Å². The molecule has 26 heavy (non-hydrogen) atoms. The summed E-state index contributed by atoms with van der Waals surface area (Å²) in [7, 11) is 0. The van der Waals surface area contributed by atoms with Crippen molar-refractivity contribution in [1.82, 2.24) is 20.4 Å². The van der Waals surface area contributed by atoms with Gasteiger partial charge in [-0.2, -0.15) is 0 Å². The number of anilines is 1. The van der Waals surface area contributed by atoms with E-state index in [9.17, 15) is 10.1 Å². The molecular weight excluding hydrogens is 376 g/mol. The Balaban J connectivity index is 1.67. The van der Waals surface area contributed by atoms with E-state index >= 15 is 0 Å². The molecule has 0 aliphatic rings. The minimum Gasteiger partial charge on any atom is -0.419 e. The highest BCUT2D eigenvalue weighted by atomic mass is 32.2. The van der Waals surface area contributed by atoms with Crippen molar-refractivity contribution < 1.29 is 9.34 Å². The Morgan fingerprint density at radius 2 is 2.12 bits per heavy atom. The standard InChI is InChI=1S/C15H14N6O3S2/c1-3-8-16-14-19-20-15(26-14)25-9(2)12-17-18-13(24-12)10-4-6-11(7-5-10)21(22)23/h3-7,9H,1,8H2,2H3,(H,16,19). The summed E-state index contributed by atoms with van der Waals surface area (Å²) in [4.78, 5) is 10.3. The van der Waals surface area contributed by atoms with Crippen molar-refractivity contribution >= 4 is 33.9 Å². The van der Waals surface area contributed by atoms with Gasteiger partial charge in [-0.25, -0.2) is 0 Å². The lowest BCUT2D eigenvalue weighted by atomic mass is 10.2. The molecule has 0 bridgehead atoms. The number of rotatable bonds is 8. The van der Waals surface area contributed by atoms with Crippen LogP contribution in [0.1, 0.15) is 18.1 Å². The molecule has 0 amide bonds. The second-order valence-electron chi connectivity index (χ2n) is 5.05. The fourth-order valence-corrected chi connectivity index (χ4v) is 3.86. The fourth-order valence-electron chi connectivity index (χ4n) is 1.93. The van der Waals surface area contributed by atoms with Crippen LogP contribution in [0.5, 0.6) is 0 Å². The summed E-state index contributed by atoms with van der Waals surface area (Å²) < 4.78 is 6.47. The Hall–Kier alpha value is -2.79. The molecule has 3 aromatic rings. The third-order valence-corrected chi connectivity index (χ3v) is 5.25. The van der Waals surface area contributed by atoms with E-state index in [1.807, 2.05) is 6.92 Å². The molecule has 11 heteroatoms. The van der Waals surface area contributed by atoms with Gasteiger partial charge >= 0.3 is 0 Å². The van der Waals surface area contributed by atoms with Gasteiger partial charge in [0.1, 0.15) is 0 Å². The van der Waals surface area contributed by atoms with Gasteiger partial charge < -0.3 is 9.73 Å². The minimum atomic E-state index is -0.456. The lowest BCUT2D eigenvalue weighted by molar-refractivity contribution is -0.384. The molecule has 0 radical (unpaired) electrons. The summed E-state index contributed by atoms with van der Waals surface area (Å²) in [5.74, 6) is 0.757. The number of nitro benzene ring substituents is 1. The summed E-state index contributed by atoms with van der Waals surface area (Å²) in [6.45, 7) is 6.19. The van der Waals surface area contributed by atoms with Crippen LogP contribution in [0.2, 0.25) is 0 Å². The second kappa shape index (κ2) is 8.06. The van der Waals surface area contributed by atoms with E-state index in [-0.39, 0.29) is 10.9 Å². The van der Waals surface area contributed by atoms with Crippen LogP contribution in [-0.4, -0.2) is 31.9 Å². The highest BCUT2D eigenvalue weighted by Gasteiger charge is 2.19. The van der Waals surface area contributed by atoms with Crippen molar-refractivity contribution in [3.8, 4) is 11.5 Å². The number of non-ortho nitro benzene ring substituents is 1. The summed E-state index contributed by atoms with van der Waals surface area (Å²) in [6, 6.07) is 5.96. The molecule has 134 valence electrons. The number of thioether (sulfide) groups is 1. The average molecular weight is 390 g/mol. The average Bonchev–Trinajstić information content (AvgIpc) is 3.29. The molecule has 0 aliphatic carbocycles. The van der Waals surface area contributed by atoms with Crippen LogP contribution in [0.15, 0.2) is 45.7 Å². The number of hydrogen-bond acceptors (Lipinski definition) is 10. The number of hydrogen-bond donors (Lipinski definition) is 1. The van der Waals surface area contributed by atoms with Crippen LogP contribution >= 0.6 is 23.1 Å². The first-order valence-corrected chi connectivity index (χ1v) is 9.19. The van der Waals surface area contributed by atoms with Crippen LogP contribution in [0.3, 0.4) is 0 Å². The van der Waals surface area contributed by atoms with Gasteiger partial charge in [0.15, 0.2) is 4.34 Å². The molecule has 3 rings (SSSR count). The largest absolute Gasteiger partial charge is 0.419 e. The first kappa shape index (κ1) is 18.0. The van der Waals surface area contributed by atoms with E-state index in [4.69, 9.17) is 4.42 Å². The zero-order chi connectivity index (χ0) is 18.5. The predicted octanol–water partition coefficient (Wildman–Crippen LogP) is 3.95. The highest BCUT2D eigenvalue weighted by Crippen LogP contribution is 2.37. The first-order chi connectivity index (χ1) is 12.6. The molecular formula is C15H14N6O3S2. The van der Waals surface area contributed by atoms with Crippen LogP contribution < -0.4 is 5.32 Å². The summed E-state index contributed by atoms with van der Waals surface area (Å²) in [5.41, 5.74) is 0.632. The van der Waals surface area contributed by atoms with Crippen molar-refractivity contribution in [2.24, 2.45) is 0 Å². The molecule has 1 aromatic carbocycles. The SMILES string of the molecule is C=CCNc1nnc(SC(C)c2nnc(-c3ccc([N+](=O)[O-])cc3)o2)s1. The third kappa shape index (κ3) is 4.24. The minimum absolute atomic E-state index is 0.00884. The topological polar surface area (TPSA) is 120 Å². The molecule has 9 nitrogen and oxygen atoms in total. The van der Waals surface area contributed by atoms with Gasteiger partial charge in [-0.3, -0.25) is 10.1 Å². The Bertz CT molecular complexity index is 908. The molecule has 1 atom stereocenters. The van der Waals surface area contributed by atoms with Crippen LogP contribution in [0, 0.1) is 10.1 Å². The number of nitro groups is 1. The lowest BCUT2D eigenvalue weighted by Crippen LogP contribution is -1.96. The predicted molar refractivity (Wildman–Crippen MR) is 99.3 cm³/mol. The molecule has 1 N–H and O–H groups in total. The summed E-state index contributed by atoms with van der Waals surface area (Å²) in [5, 5.41) is 30.6. The monoisotopic (exact) mass is 390 g/mol. The van der Waals surface area contributed by atoms with Crippen LogP contribution in [0.25, 0.3) is 11.5 Å². The van der Waals surface area contributed by atoms with Crippen LogP contribution in [0.4, 0.5) is 10.8 Å². The molecule has 0 saturated heterocycles. The summed E-state index contributed by atoms with van der Waals surface area (Å²) >= 11 is 2.89.